The fourth-order valence-electron chi connectivity index (χ4n) is 1.57. The molecule has 0 aliphatic carbocycles. The van der Waals surface area contributed by atoms with Gasteiger partial charge in [0.1, 0.15) is 11.6 Å². The van der Waals surface area contributed by atoms with Crippen LogP contribution in [0.15, 0.2) is 12.1 Å². The van der Waals surface area contributed by atoms with E-state index in [1.807, 2.05) is 0 Å². The normalized spacial score (nSPS) is 12.9. The Bertz CT molecular complexity index is 419. The summed E-state index contributed by atoms with van der Waals surface area (Å²) < 4.78 is 27.0. The van der Waals surface area contributed by atoms with Crippen molar-refractivity contribution in [2.45, 2.75) is 19.8 Å². The lowest BCUT2D eigenvalue weighted by atomic mass is 9.88. The van der Waals surface area contributed by atoms with Crippen molar-refractivity contribution in [1.29, 1.82) is 0 Å². The summed E-state index contributed by atoms with van der Waals surface area (Å²) >= 11 is 5.50. The highest BCUT2D eigenvalue weighted by Gasteiger charge is 2.30. The standard InChI is InChI=1S/C11H11ClF2O2/c1-5(2)8(11(15)16)9-7(13)4-3-6(12)10(9)14/h3-5,8H,1-2H3,(H,15,16). The monoisotopic (exact) mass is 248 g/mol. The average Bonchev–Trinajstić information content (AvgIpc) is 2.17. The van der Waals surface area contributed by atoms with Crippen LogP contribution >= 0.6 is 11.6 Å². The Morgan fingerprint density at radius 3 is 2.38 bits per heavy atom. The number of halogens is 3. The van der Waals surface area contributed by atoms with E-state index < -0.39 is 35.0 Å². The third-order valence-corrected chi connectivity index (χ3v) is 2.62. The Kier molecular flexibility index (Phi) is 3.86. The molecular weight excluding hydrogens is 238 g/mol. The van der Waals surface area contributed by atoms with Gasteiger partial charge in [-0.25, -0.2) is 8.78 Å². The first-order valence-electron chi connectivity index (χ1n) is 4.72. The molecule has 0 aromatic heterocycles. The molecule has 2 nitrogen and oxygen atoms in total. The summed E-state index contributed by atoms with van der Waals surface area (Å²) in [6.45, 7) is 3.16. The van der Waals surface area contributed by atoms with E-state index in [1.165, 1.54) is 0 Å². The van der Waals surface area contributed by atoms with E-state index in [1.54, 1.807) is 13.8 Å². The highest BCUT2D eigenvalue weighted by molar-refractivity contribution is 6.30. The van der Waals surface area contributed by atoms with Gasteiger partial charge in [-0.1, -0.05) is 25.4 Å². The van der Waals surface area contributed by atoms with Gasteiger partial charge in [0.05, 0.1) is 10.9 Å². The fourth-order valence-corrected chi connectivity index (χ4v) is 1.73. The topological polar surface area (TPSA) is 37.3 Å². The second-order valence-corrected chi connectivity index (χ2v) is 4.22. The lowest BCUT2D eigenvalue weighted by Crippen LogP contribution is -2.20. The molecule has 0 bridgehead atoms. The Morgan fingerprint density at radius 1 is 1.38 bits per heavy atom. The van der Waals surface area contributed by atoms with Crippen LogP contribution in [0.2, 0.25) is 5.02 Å². The van der Waals surface area contributed by atoms with Crippen LogP contribution in [0.1, 0.15) is 25.3 Å². The molecule has 1 aromatic carbocycles. The summed E-state index contributed by atoms with van der Waals surface area (Å²) in [5.74, 6) is -4.82. The molecule has 1 N–H and O–H groups in total. The number of hydrogen-bond donors (Lipinski definition) is 1. The van der Waals surface area contributed by atoms with Crippen molar-refractivity contribution >= 4 is 17.6 Å². The van der Waals surface area contributed by atoms with Crippen LogP contribution in [0.5, 0.6) is 0 Å². The van der Waals surface area contributed by atoms with Crippen LogP contribution in [0.25, 0.3) is 0 Å². The number of carboxylic acid groups (broad SMARTS) is 1. The molecule has 0 saturated heterocycles. The summed E-state index contributed by atoms with van der Waals surface area (Å²) in [4.78, 5) is 11.0. The van der Waals surface area contributed by atoms with Gasteiger partial charge in [0.25, 0.3) is 0 Å². The smallest absolute Gasteiger partial charge is 0.311 e. The number of aliphatic carboxylic acids is 1. The van der Waals surface area contributed by atoms with E-state index in [2.05, 4.69) is 0 Å². The zero-order chi connectivity index (χ0) is 12.5. The molecule has 16 heavy (non-hydrogen) atoms. The van der Waals surface area contributed by atoms with Gasteiger partial charge in [0, 0.05) is 5.56 Å². The molecule has 0 amide bonds. The minimum Gasteiger partial charge on any atom is -0.481 e. The van der Waals surface area contributed by atoms with Crippen molar-refractivity contribution < 1.29 is 18.7 Å². The van der Waals surface area contributed by atoms with Gasteiger partial charge in [-0.3, -0.25) is 4.79 Å². The molecule has 0 aliphatic rings. The first-order valence-corrected chi connectivity index (χ1v) is 5.10. The lowest BCUT2D eigenvalue weighted by Gasteiger charge is -2.18. The van der Waals surface area contributed by atoms with Gasteiger partial charge < -0.3 is 5.11 Å². The molecule has 1 atom stereocenters. The number of rotatable bonds is 3. The number of carboxylic acids is 1. The van der Waals surface area contributed by atoms with Crippen molar-refractivity contribution in [2.24, 2.45) is 5.92 Å². The second-order valence-electron chi connectivity index (χ2n) is 3.82. The Morgan fingerprint density at radius 2 is 1.94 bits per heavy atom. The Hall–Kier alpha value is -1.16. The summed E-state index contributed by atoms with van der Waals surface area (Å²) in [5, 5.41) is 8.69. The molecule has 5 heteroatoms. The van der Waals surface area contributed by atoms with E-state index in [0.717, 1.165) is 12.1 Å². The minimum atomic E-state index is -1.27. The summed E-state index contributed by atoms with van der Waals surface area (Å²) in [5.41, 5.74) is -0.477. The van der Waals surface area contributed by atoms with E-state index in [-0.39, 0.29) is 5.02 Å². The van der Waals surface area contributed by atoms with Crippen molar-refractivity contribution in [3.8, 4) is 0 Å². The largest absolute Gasteiger partial charge is 0.481 e. The maximum atomic E-state index is 13.6. The zero-order valence-corrected chi connectivity index (χ0v) is 9.55. The molecular formula is C11H11ClF2O2. The second kappa shape index (κ2) is 4.78. The predicted molar refractivity (Wildman–Crippen MR) is 56.6 cm³/mol. The Labute approximate surface area is 96.8 Å². The third-order valence-electron chi connectivity index (χ3n) is 2.32. The number of benzene rings is 1. The van der Waals surface area contributed by atoms with E-state index in [9.17, 15) is 13.6 Å². The van der Waals surface area contributed by atoms with E-state index in [4.69, 9.17) is 16.7 Å². The van der Waals surface area contributed by atoms with Crippen molar-refractivity contribution in [1.82, 2.24) is 0 Å². The molecule has 0 spiro atoms. The highest BCUT2D eigenvalue weighted by Crippen LogP contribution is 2.32. The van der Waals surface area contributed by atoms with Crippen LogP contribution in [0, 0.1) is 17.6 Å². The van der Waals surface area contributed by atoms with Gasteiger partial charge in [-0.15, -0.1) is 0 Å². The molecule has 0 aliphatic heterocycles. The van der Waals surface area contributed by atoms with E-state index in [0.29, 0.717) is 0 Å². The van der Waals surface area contributed by atoms with E-state index >= 15 is 0 Å². The van der Waals surface area contributed by atoms with Gasteiger partial charge in [-0.05, 0) is 18.1 Å². The lowest BCUT2D eigenvalue weighted by molar-refractivity contribution is -0.140. The van der Waals surface area contributed by atoms with Crippen molar-refractivity contribution in [3.05, 3.63) is 34.4 Å². The first kappa shape index (κ1) is 12.9. The van der Waals surface area contributed by atoms with Crippen molar-refractivity contribution in [3.63, 3.8) is 0 Å². The van der Waals surface area contributed by atoms with Crippen molar-refractivity contribution in [2.75, 3.05) is 0 Å². The van der Waals surface area contributed by atoms with Crippen LogP contribution < -0.4 is 0 Å². The number of carbonyl (C=O) groups is 1. The number of hydrogen-bond acceptors (Lipinski definition) is 1. The predicted octanol–water partition coefficient (Wildman–Crippen LogP) is 3.44. The van der Waals surface area contributed by atoms with Crippen LogP contribution in [0.3, 0.4) is 0 Å². The maximum absolute atomic E-state index is 13.6. The van der Waals surface area contributed by atoms with Gasteiger partial charge in [0.2, 0.25) is 0 Å². The minimum absolute atomic E-state index is 0.275. The molecule has 0 radical (unpaired) electrons. The highest BCUT2D eigenvalue weighted by atomic mass is 35.5. The van der Waals surface area contributed by atoms with Crippen LogP contribution in [-0.4, -0.2) is 11.1 Å². The first-order chi connectivity index (χ1) is 7.36. The quantitative estimate of drug-likeness (QED) is 0.832. The maximum Gasteiger partial charge on any atom is 0.311 e. The molecule has 88 valence electrons. The molecule has 1 aromatic rings. The Balaban J connectivity index is 3.40. The van der Waals surface area contributed by atoms with Gasteiger partial charge >= 0.3 is 5.97 Å². The molecule has 0 heterocycles. The molecule has 1 unspecified atom stereocenters. The van der Waals surface area contributed by atoms with Gasteiger partial charge in [0.15, 0.2) is 0 Å². The summed E-state index contributed by atoms with van der Waals surface area (Å²) in [6.07, 6.45) is 0. The zero-order valence-electron chi connectivity index (χ0n) is 8.80. The average molecular weight is 249 g/mol. The van der Waals surface area contributed by atoms with Crippen LogP contribution in [-0.2, 0) is 4.79 Å². The molecule has 0 fully saturated rings. The van der Waals surface area contributed by atoms with Gasteiger partial charge in [-0.2, -0.15) is 0 Å². The SMILES string of the molecule is CC(C)C(C(=O)O)c1c(F)ccc(Cl)c1F. The molecule has 1 rings (SSSR count). The fraction of sp³-hybridized carbons (Fsp3) is 0.364. The summed E-state index contributed by atoms with van der Waals surface area (Å²) in [7, 11) is 0. The van der Waals surface area contributed by atoms with Crippen LogP contribution in [0.4, 0.5) is 8.78 Å². The summed E-state index contributed by atoms with van der Waals surface area (Å²) in [6, 6.07) is 2.04. The third kappa shape index (κ3) is 2.32. The molecule has 0 saturated carbocycles.